The third kappa shape index (κ3) is 2.61. The Bertz CT molecular complexity index is 557. The first-order valence-electron chi connectivity index (χ1n) is 4.76. The zero-order valence-electron chi connectivity index (χ0n) is 9.10. The first-order valence-corrected chi connectivity index (χ1v) is 7.17. The summed E-state index contributed by atoms with van der Waals surface area (Å²) in [5, 5.41) is 9.64. The van der Waals surface area contributed by atoms with E-state index in [1.54, 1.807) is 6.07 Å². The fourth-order valence-electron chi connectivity index (χ4n) is 1.23. The summed E-state index contributed by atoms with van der Waals surface area (Å²) >= 11 is 8.08. The van der Waals surface area contributed by atoms with E-state index in [1.165, 1.54) is 11.3 Å². The summed E-state index contributed by atoms with van der Waals surface area (Å²) in [6, 6.07) is 1.78. The van der Waals surface area contributed by atoms with Crippen LogP contribution in [0.5, 0.6) is 0 Å². The minimum absolute atomic E-state index is 0.156. The standard InChI is InChI=1S/C10H9Br2N3OS/c1-4-5(2)14-15-9(4)13-10(16)7-3-6(11)8(12)17-7/h3H,1-2H3,(H2,13,14,15,16). The van der Waals surface area contributed by atoms with Crippen molar-refractivity contribution in [3.05, 3.63) is 30.5 Å². The number of nitrogens with one attached hydrogen (secondary N) is 2. The maximum absolute atomic E-state index is 11.9. The minimum Gasteiger partial charge on any atom is -0.304 e. The summed E-state index contributed by atoms with van der Waals surface area (Å²) in [7, 11) is 0. The van der Waals surface area contributed by atoms with Crippen LogP contribution in [0.4, 0.5) is 5.82 Å². The highest BCUT2D eigenvalue weighted by atomic mass is 79.9. The van der Waals surface area contributed by atoms with Gasteiger partial charge in [-0.1, -0.05) is 0 Å². The van der Waals surface area contributed by atoms with E-state index in [9.17, 15) is 4.79 Å². The number of carbonyl (C=O) groups excluding carboxylic acids is 1. The maximum atomic E-state index is 11.9. The lowest BCUT2D eigenvalue weighted by Gasteiger charge is -2.00. The largest absolute Gasteiger partial charge is 0.304 e. The van der Waals surface area contributed by atoms with Gasteiger partial charge < -0.3 is 5.32 Å². The summed E-state index contributed by atoms with van der Waals surface area (Å²) in [4.78, 5) is 12.6. The number of thiophene rings is 1. The van der Waals surface area contributed by atoms with E-state index < -0.39 is 0 Å². The average Bonchev–Trinajstić information content (AvgIpc) is 2.77. The van der Waals surface area contributed by atoms with Crippen LogP contribution in [-0.4, -0.2) is 16.1 Å². The second kappa shape index (κ2) is 4.91. The van der Waals surface area contributed by atoms with E-state index in [0.717, 1.165) is 19.5 Å². The molecule has 0 saturated carbocycles. The number of H-pyrrole nitrogens is 1. The van der Waals surface area contributed by atoms with Crippen molar-refractivity contribution in [1.29, 1.82) is 0 Å². The Morgan fingerprint density at radius 1 is 1.47 bits per heavy atom. The van der Waals surface area contributed by atoms with Crippen LogP contribution in [0.2, 0.25) is 0 Å². The van der Waals surface area contributed by atoms with Gasteiger partial charge >= 0.3 is 0 Å². The third-order valence-corrected chi connectivity index (χ3v) is 5.61. The summed E-state index contributed by atoms with van der Waals surface area (Å²) in [6.07, 6.45) is 0. The van der Waals surface area contributed by atoms with Crippen molar-refractivity contribution in [1.82, 2.24) is 10.2 Å². The van der Waals surface area contributed by atoms with Crippen LogP contribution in [0.25, 0.3) is 0 Å². The van der Waals surface area contributed by atoms with Crippen molar-refractivity contribution in [3.63, 3.8) is 0 Å². The highest BCUT2D eigenvalue weighted by Crippen LogP contribution is 2.32. The molecule has 0 spiro atoms. The molecule has 4 nitrogen and oxygen atoms in total. The topological polar surface area (TPSA) is 57.8 Å². The Kier molecular flexibility index (Phi) is 3.70. The van der Waals surface area contributed by atoms with Crippen molar-refractivity contribution in [2.24, 2.45) is 0 Å². The molecule has 0 aromatic carbocycles. The summed E-state index contributed by atoms with van der Waals surface area (Å²) in [5.41, 5.74) is 1.90. The Morgan fingerprint density at radius 3 is 2.65 bits per heavy atom. The SMILES string of the molecule is Cc1[nH]nc(NC(=O)c2cc(Br)c(Br)s2)c1C. The molecular formula is C10H9Br2N3OS. The lowest BCUT2D eigenvalue weighted by Crippen LogP contribution is -2.11. The molecule has 0 aliphatic rings. The lowest BCUT2D eigenvalue weighted by molar-refractivity contribution is 0.103. The molecule has 2 rings (SSSR count). The van der Waals surface area contributed by atoms with Crippen molar-refractivity contribution in [2.75, 3.05) is 5.32 Å². The van der Waals surface area contributed by atoms with Gasteiger partial charge in [-0.15, -0.1) is 11.3 Å². The number of hydrogen-bond donors (Lipinski definition) is 2. The number of aromatic nitrogens is 2. The Balaban J connectivity index is 2.20. The fraction of sp³-hybridized carbons (Fsp3) is 0.200. The Hall–Kier alpha value is -0.660. The summed E-state index contributed by atoms with van der Waals surface area (Å²) in [5.74, 6) is 0.421. The van der Waals surface area contributed by atoms with E-state index in [2.05, 4.69) is 47.4 Å². The number of aryl methyl sites for hydroxylation is 1. The molecule has 2 heterocycles. The number of nitrogens with zero attached hydrogens (tertiary/aromatic N) is 1. The number of carbonyl (C=O) groups is 1. The van der Waals surface area contributed by atoms with Crippen molar-refractivity contribution in [2.45, 2.75) is 13.8 Å². The van der Waals surface area contributed by atoms with Crippen molar-refractivity contribution >= 4 is 54.9 Å². The second-order valence-electron chi connectivity index (χ2n) is 3.51. The quantitative estimate of drug-likeness (QED) is 0.833. The number of amides is 1. The monoisotopic (exact) mass is 377 g/mol. The van der Waals surface area contributed by atoms with E-state index in [4.69, 9.17) is 0 Å². The number of anilines is 1. The van der Waals surface area contributed by atoms with Crippen LogP contribution in [-0.2, 0) is 0 Å². The van der Waals surface area contributed by atoms with Crippen LogP contribution in [0, 0.1) is 13.8 Å². The first kappa shape index (κ1) is 12.8. The molecule has 2 aromatic rings. The maximum Gasteiger partial charge on any atom is 0.267 e. The zero-order valence-corrected chi connectivity index (χ0v) is 13.1. The highest BCUT2D eigenvalue weighted by molar-refractivity contribution is 9.13. The van der Waals surface area contributed by atoms with E-state index in [0.29, 0.717) is 10.7 Å². The molecule has 0 radical (unpaired) electrons. The first-order chi connectivity index (χ1) is 7.99. The molecule has 0 bridgehead atoms. The molecular weight excluding hydrogens is 370 g/mol. The Labute approximate surface area is 119 Å². The number of hydrogen-bond acceptors (Lipinski definition) is 3. The number of aromatic amines is 1. The molecule has 2 aromatic heterocycles. The van der Waals surface area contributed by atoms with Crippen LogP contribution >= 0.6 is 43.2 Å². The van der Waals surface area contributed by atoms with Gasteiger partial charge in [-0.05, 0) is 51.8 Å². The number of rotatable bonds is 2. The molecule has 0 fully saturated rings. The van der Waals surface area contributed by atoms with Gasteiger partial charge in [-0.3, -0.25) is 9.89 Å². The molecule has 2 N–H and O–H groups in total. The predicted octanol–water partition coefficient (Wildman–Crippen LogP) is 3.87. The van der Waals surface area contributed by atoms with Gasteiger partial charge in [0.05, 0.1) is 8.66 Å². The van der Waals surface area contributed by atoms with Gasteiger partial charge in [0.15, 0.2) is 5.82 Å². The van der Waals surface area contributed by atoms with Gasteiger partial charge in [0.2, 0.25) is 0 Å². The summed E-state index contributed by atoms with van der Waals surface area (Å²) in [6.45, 7) is 3.82. The molecule has 0 aliphatic heterocycles. The highest BCUT2D eigenvalue weighted by Gasteiger charge is 2.14. The Morgan fingerprint density at radius 2 is 2.18 bits per heavy atom. The van der Waals surface area contributed by atoms with E-state index in [1.807, 2.05) is 13.8 Å². The normalized spacial score (nSPS) is 10.6. The van der Waals surface area contributed by atoms with Gasteiger partial charge in [-0.25, -0.2) is 0 Å². The number of halogens is 2. The predicted molar refractivity (Wildman–Crippen MR) is 75.7 cm³/mol. The third-order valence-electron chi connectivity index (χ3n) is 2.35. The van der Waals surface area contributed by atoms with E-state index >= 15 is 0 Å². The van der Waals surface area contributed by atoms with Crippen molar-refractivity contribution in [3.8, 4) is 0 Å². The molecule has 0 saturated heterocycles. The van der Waals surface area contributed by atoms with Crippen LogP contribution in [0.1, 0.15) is 20.9 Å². The van der Waals surface area contributed by atoms with Gasteiger partial charge in [0, 0.05) is 15.7 Å². The minimum atomic E-state index is -0.156. The van der Waals surface area contributed by atoms with Gasteiger partial charge in [0.1, 0.15) is 0 Å². The molecule has 0 atom stereocenters. The molecule has 0 aliphatic carbocycles. The molecule has 90 valence electrons. The second-order valence-corrected chi connectivity index (χ2v) is 6.73. The average molecular weight is 379 g/mol. The molecule has 7 heteroatoms. The molecule has 0 unspecified atom stereocenters. The van der Waals surface area contributed by atoms with Gasteiger partial charge in [0.25, 0.3) is 5.91 Å². The van der Waals surface area contributed by atoms with Crippen LogP contribution < -0.4 is 5.32 Å². The van der Waals surface area contributed by atoms with Crippen molar-refractivity contribution < 1.29 is 4.79 Å². The summed E-state index contributed by atoms with van der Waals surface area (Å²) < 4.78 is 1.78. The zero-order chi connectivity index (χ0) is 12.6. The van der Waals surface area contributed by atoms with Crippen LogP contribution in [0.15, 0.2) is 14.3 Å². The molecule has 17 heavy (non-hydrogen) atoms. The van der Waals surface area contributed by atoms with Gasteiger partial charge in [-0.2, -0.15) is 5.10 Å². The van der Waals surface area contributed by atoms with Crippen LogP contribution in [0.3, 0.4) is 0 Å². The fourth-order valence-corrected chi connectivity index (χ4v) is 3.17. The lowest BCUT2D eigenvalue weighted by atomic mass is 10.3. The smallest absolute Gasteiger partial charge is 0.267 e. The molecule has 1 amide bonds. The van der Waals surface area contributed by atoms with E-state index in [-0.39, 0.29) is 5.91 Å².